The molecule has 2 atom stereocenters. The summed E-state index contributed by atoms with van der Waals surface area (Å²) in [6.07, 6.45) is 0. The van der Waals surface area contributed by atoms with Crippen molar-refractivity contribution in [1.29, 1.82) is 0 Å². The van der Waals surface area contributed by atoms with Gasteiger partial charge in [-0.1, -0.05) is 12.1 Å². The normalized spacial score (nSPS) is 21.6. The highest BCUT2D eigenvalue weighted by molar-refractivity contribution is 5.74. The summed E-state index contributed by atoms with van der Waals surface area (Å²) in [6.45, 7) is 2.69. The Morgan fingerprint density at radius 3 is 2.80 bits per heavy atom. The van der Waals surface area contributed by atoms with Crippen LogP contribution < -0.4 is 20.3 Å². The largest absolute Gasteiger partial charge is 0.493 e. The quantitative estimate of drug-likeness (QED) is 0.785. The van der Waals surface area contributed by atoms with Crippen LogP contribution in [0, 0.1) is 5.92 Å². The molecule has 6 heteroatoms. The van der Waals surface area contributed by atoms with Crippen LogP contribution in [-0.2, 0) is 9.53 Å². The van der Waals surface area contributed by atoms with Crippen LogP contribution in [0.2, 0.25) is 0 Å². The Morgan fingerprint density at radius 2 is 2.15 bits per heavy atom. The summed E-state index contributed by atoms with van der Waals surface area (Å²) in [5.74, 6) is 0.752. The third kappa shape index (κ3) is 2.71. The van der Waals surface area contributed by atoms with Gasteiger partial charge in [-0.05, 0) is 13.0 Å². The van der Waals surface area contributed by atoms with E-state index in [1.165, 1.54) is 0 Å². The van der Waals surface area contributed by atoms with Gasteiger partial charge in [0, 0.05) is 12.1 Å². The average Bonchev–Trinajstić information content (AvgIpc) is 2.95. The van der Waals surface area contributed by atoms with Gasteiger partial charge in [-0.25, -0.2) is 5.43 Å². The monoisotopic (exact) mass is 280 g/mol. The summed E-state index contributed by atoms with van der Waals surface area (Å²) in [4.78, 5) is 12.0. The molecule has 2 N–H and O–H groups in total. The van der Waals surface area contributed by atoms with Crippen molar-refractivity contribution >= 4 is 5.97 Å². The molecule has 0 spiro atoms. The third-order valence-corrected chi connectivity index (χ3v) is 3.34. The minimum atomic E-state index is -0.295. The number of ether oxygens (including phenoxy) is 3. The van der Waals surface area contributed by atoms with Crippen LogP contribution in [0.15, 0.2) is 18.2 Å². The average molecular weight is 280 g/mol. The van der Waals surface area contributed by atoms with E-state index in [1.54, 1.807) is 21.1 Å². The number of para-hydroxylation sites is 1. The van der Waals surface area contributed by atoms with Gasteiger partial charge in [0.1, 0.15) is 0 Å². The number of carbonyl (C=O) groups excluding carboxylic acids is 1. The molecule has 0 saturated carbocycles. The van der Waals surface area contributed by atoms with E-state index >= 15 is 0 Å². The van der Waals surface area contributed by atoms with Gasteiger partial charge < -0.3 is 14.2 Å². The minimum Gasteiger partial charge on any atom is -0.493 e. The highest BCUT2D eigenvalue weighted by Crippen LogP contribution is 2.38. The van der Waals surface area contributed by atoms with Crippen LogP contribution in [0.1, 0.15) is 18.5 Å². The van der Waals surface area contributed by atoms with Crippen molar-refractivity contribution in [2.45, 2.75) is 13.0 Å². The molecule has 1 aliphatic rings. The molecule has 1 heterocycles. The second-order valence-corrected chi connectivity index (χ2v) is 4.44. The molecule has 0 amide bonds. The molecule has 0 radical (unpaired) electrons. The molecular formula is C14H20N2O4. The van der Waals surface area contributed by atoms with E-state index in [0.717, 1.165) is 5.56 Å². The Labute approximate surface area is 118 Å². The molecule has 6 nitrogen and oxygen atoms in total. The second-order valence-electron chi connectivity index (χ2n) is 4.44. The Bertz CT molecular complexity index is 478. The maximum Gasteiger partial charge on any atom is 0.312 e. The Morgan fingerprint density at radius 1 is 1.35 bits per heavy atom. The molecular weight excluding hydrogens is 260 g/mol. The maximum absolute atomic E-state index is 12.0. The van der Waals surface area contributed by atoms with E-state index in [4.69, 9.17) is 14.2 Å². The molecule has 1 aliphatic heterocycles. The van der Waals surface area contributed by atoms with E-state index in [9.17, 15) is 4.79 Å². The Hall–Kier alpha value is -1.79. The zero-order valence-corrected chi connectivity index (χ0v) is 11.9. The fourth-order valence-electron chi connectivity index (χ4n) is 2.42. The number of benzene rings is 1. The number of rotatable bonds is 5. The molecule has 1 saturated heterocycles. The molecule has 20 heavy (non-hydrogen) atoms. The lowest BCUT2D eigenvalue weighted by Gasteiger charge is -2.21. The number of hydrogen-bond donors (Lipinski definition) is 2. The first-order valence-electron chi connectivity index (χ1n) is 6.58. The molecule has 2 unspecified atom stereocenters. The van der Waals surface area contributed by atoms with Gasteiger partial charge in [0.25, 0.3) is 0 Å². The molecule has 0 bridgehead atoms. The highest BCUT2D eigenvalue weighted by Gasteiger charge is 2.37. The lowest BCUT2D eigenvalue weighted by molar-refractivity contribution is -0.147. The molecule has 2 rings (SSSR count). The standard InChI is InChI=1S/C14H20N2O4/c1-4-20-14(17)10-8-15-16-12(10)9-6-5-7-11(18-2)13(9)19-3/h5-7,10,12,15-16H,4,8H2,1-3H3. The maximum atomic E-state index is 12.0. The van der Waals surface area contributed by atoms with E-state index in [2.05, 4.69) is 10.9 Å². The molecule has 0 aliphatic carbocycles. The highest BCUT2D eigenvalue weighted by atomic mass is 16.5. The summed E-state index contributed by atoms with van der Waals surface area (Å²) < 4.78 is 15.8. The predicted molar refractivity (Wildman–Crippen MR) is 73.5 cm³/mol. The zero-order chi connectivity index (χ0) is 14.5. The van der Waals surface area contributed by atoms with Gasteiger partial charge in [-0.2, -0.15) is 0 Å². The van der Waals surface area contributed by atoms with Crippen molar-refractivity contribution in [2.24, 2.45) is 5.92 Å². The molecule has 1 aromatic carbocycles. The first-order valence-corrected chi connectivity index (χ1v) is 6.58. The number of methoxy groups -OCH3 is 2. The lowest BCUT2D eigenvalue weighted by atomic mass is 9.94. The van der Waals surface area contributed by atoms with Crippen LogP contribution in [0.5, 0.6) is 11.5 Å². The molecule has 1 aromatic rings. The number of nitrogens with one attached hydrogen (secondary N) is 2. The fourth-order valence-corrected chi connectivity index (χ4v) is 2.42. The SMILES string of the molecule is CCOC(=O)C1CNNC1c1cccc(OC)c1OC. The summed E-state index contributed by atoms with van der Waals surface area (Å²) in [7, 11) is 3.17. The number of carbonyl (C=O) groups is 1. The van der Waals surface area contributed by atoms with Crippen molar-refractivity contribution in [1.82, 2.24) is 10.9 Å². The van der Waals surface area contributed by atoms with Crippen LogP contribution in [-0.4, -0.2) is 33.3 Å². The summed E-state index contributed by atoms with van der Waals surface area (Å²) in [5.41, 5.74) is 6.97. The van der Waals surface area contributed by atoms with E-state index in [1.807, 2.05) is 18.2 Å². The predicted octanol–water partition coefficient (Wildman–Crippen LogP) is 1.03. The van der Waals surface area contributed by atoms with Gasteiger partial charge in [0.2, 0.25) is 0 Å². The van der Waals surface area contributed by atoms with Crippen molar-refractivity contribution < 1.29 is 19.0 Å². The minimum absolute atomic E-state index is 0.209. The van der Waals surface area contributed by atoms with Crippen LogP contribution >= 0.6 is 0 Å². The van der Waals surface area contributed by atoms with E-state index in [0.29, 0.717) is 24.7 Å². The molecule has 0 aromatic heterocycles. The van der Waals surface area contributed by atoms with E-state index in [-0.39, 0.29) is 17.9 Å². The van der Waals surface area contributed by atoms with Crippen molar-refractivity contribution in [3.05, 3.63) is 23.8 Å². The Kier molecular flexibility index (Phi) is 4.81. The zero-order valence-electron chi connectivity index (χ0n) is 11.9. The second kappa shape index (κ2) is 6.58. The molecule has 1 fully saturated rings. The van der Waals surface area contributed by atoms with Gasteiger partial charge in [0.15, 0.2) is 11.5 Å². The van der Waals surface area contributed by atoms with Crippen LogP contribution in [0.4, 0.5) is 0 Å². The van der Waals surface area contributed by atoms with Gasteiger partial charge in [0.05, 0.1) is 32.8 Å². The smallest absolute Gasteiger partial charge is 0.312 e. The van der Waals surface area contributed by atoms with Crippen molar-refractivity contribution in [3.63, 3.8) is 0 Å². The molecule has 110 valence electrons. The summed E-state index contributed by atoms with van der Waals surface area (Å²) in [6, 6.07) is 5.40. The first-order chi connectivity index (χ1) is 9.72. The lowest BCUT2D eigenvalue weighted by Crippen LogP contribution is -2.27. The topological polar surface area (TPSA) is 68.8 Å². The van der Waals surface area contributed by atoms with Gasteiger partial charge >= 0.3 is 5.97 Å². The van der Waals surface area contributed by atoms with Crippen molar-refractivity contribution in [3.8, 4) is 11.5 Å². The van der Waals surface area contributed by atoms with Gasteiger partial charge in [-0.15, -0.1) is 0 Å². The summed E-state index contributed by atoms with van der Waals surface area (Å²) in [5, 5.41) is 0. The fraction of sp³-hybridized carbons (Fsp3) is 0.500. The van der Waals surface area contributed by atoms with E-state index < -0.39 is 0 Å². The van der Waals surface area contributed by atoms with Crippen LogP contribution in [0.3, 0.4) is 0 Å². The number of hydrazine groups is 1. The third-order valence-electron chi connectivity index (χ3n) is 3.34. The van der Waals surface area contributed by atoms with Crippen molar-refractivity contribution in [2.75, 3.05) is 27.4 Å². The number of esters is 1. The summed E-state index contributed by atoms with van der Waals surface area (Å²) >= 11 is 0. The number of hydrogen-bond acceptors (Lipinski definition) is 6. The van der Waals surface area contributed by atoms with Crippen LogP contribution in [0.25, 0.3) is 0 Å². The first kappa shape index (κ1) is 14.6. The Balaban J connectivity index is 2.32. The van der Waals surface area contributed by atoms with Gasteiger partial charge in [-0.3, -0.25) is 10.2 Å².